The van der Waals surface area contributed by atoms with Crippen molar-refractivity contribution in [2.24, 2.45) is 5.92 Å². The number of nitrogens with zero attached hydrogens (tertiary/aromatic N) is 1. The lowest BCUT2D eigenvalue weighted by Crippen LogP contribution is -2.49. The van der Waals surface area contributed by atoms with Gasteiger partial charge in [-0.1, -0.05) is 13.8 Å². The Balaban J connectivity index is 2.86. The van der Waals surface area contributed by atoms with Gasteiger partial charge >= 0.3 is 0 Å². The van der Waals surface area contributed by atoms with Crippen molar-refractivity contribution in [3.63, 3.8) is 0 Å². The van der Waals surface area contributed by atoms with Crippen LogP contribution in [0.15, 0.2) is 24.3 Å². The first-order valence-corrected chi connectivity index (χ1v) is 8.16. The van der Waals surface area contributed by atoms with Gasteiger partial charge in [0.15, 0.2) is 0 Å². The van der Waals surface area contributed by atoms with Crippen molar-refractivity contribution in [2.45, 2.75) is 40.2 Å². The molecule has 23 heavy (non-hydrogen) atoms. The van der Waals surface area contributed by atoms with Crippen LogP contribution in [0.25, 0.3) is 0 Å². The van der Waals surface area contributed by atoms with E-state index in [0.717, 1.165) is 0 Å². The van der Waals surface area contributed by atoms with Crippen molar-refractivity contribution in [1.82, 2.24) is 10.2 Å². The summed E-state index contributed by atoms with van der Waals surface area (Å²) in [6.45, 7) is 9.26. The van der Waals surface area contributed by atoms with Gasteiger partial charge in [0.25, 0.3) is 5.91 Å². The summed E-state index contributed by atoms with van der Waals surface area (Å²) in [4.78, 5) is 26.8. The van der Waals surface area contributed by atoms with Crippen LogP contribution in [-0.2, 0) is 4.79 Å². The fourth-order valence-corrected chi connectivity index (χ4v) is 2.43. The lowest BCUT2D eigenvalue weighted by atomic mass is 10.0. The molecule has 0 aliphatic rings. The van der Waals surface area contributed by atoms with Crippen LogP contribution in [-0.4, -0.2) is 43.0 Å². The number of ether oxygens (including phenoxy) is 1. The Morgan fingerprint density at radius 2 is 1.70 bits per heavy atom. The number of benzene rings is 1. The number of hydrogen-bond acceptors (Lipinski definition) is 3. The molecule has 0 aliphatic heterocycles. The molecule has 0 bridgehead atoms. The van der Waals surface area contributed by atoms with Crippen molar-refractivity contribution < 1.29 is 14.3 Å². The molecule has 0 saturated heterocycles. The molecule has 0 spiro atoms. The molecular weight excluding hydrogens is 292 g/mol. The molecule has 0 aromatic heterocycles. The number of carbonyl (C=O) groups is 2. The smallest absolute Gasteiger partial charge is 0.251 e. The summed E-state index contributed by atoms with van der Waals surface area (Å²) in [5.41, 5.74) is 0.520. The van der Waals surface area contributed by atoms with Gasteiger partial charge in [0, 0.05) is 18.7 Å². The zero-order valence-corrected chi connectivity index (χ0v) is 14.8. The van der Waals surface area contributed by atoms with Crippen molar-refractivity contribution >= 4 is 11.8 Å². The summed E-state index contributed by atoms with van der Waals surface area (Å²) in [6, 6.07) is 6.37. The summed E-state index contributed by atoms with van der Waals surface area (Å²) in [5.74, 6) is 0.750. The van der Waals surface area contributed by atoms with Gasteiger partial charge in [-0.3, -0.25) is 9.59 Å². The quantitative estimate of drug-likeness (QED) is 0.801. The molecule has 5 heteroatoms. The van der Waals surface area contributed by atoms with E-state index in [-0.39, 0.29) is 11.8 Å². The normalized spacial score (nSPS) is 11.9. The third-order valence-corrected chi connectivity index (χ3v) is 3.74. The average molecular weight is 320 g/mol. The lowest BCUT2D eigenvalue weighted by Gasteiger charge is -2.27. The molecule has 0 fully saturated rings. The Labute approximate surface area is 139 Å². The lowest BCUT2D eigenvalue weighted by molar-refractivity contribution is -0.133. The number of likely N-dealkylation sites (N-methyl/N-ethyl adjacent to an activating group) is 1. The minimum Gasteiger partial charge on any atom is -0.497 e. The first-order chi connectivity index (χ1) is 10.9. The minimum atomic E-state index is -0.496. The minimum absolute atomic E-state index is 0.0226. The molecule has 0 saturated carbocycles. The van der Waals surface area contributed by atoms with Gasteiger partial charge in [-0.2, -0.15) is 0 Å². The van der Waals surface area contributed by atoms with E-state index in [1.54, 1.807) is 36.3 Å². The third kappa shape index (κ3) is 5.58. The second kappa shape index (κ2) is 9.18. The highest BCUT2D eigenvalue weighted by Crippen LogP contribution is 2.13. The van der Waals surface area contributed by atoms with Gasteiger partial charge in [-0.05, 0) is 50.5 Å². The molecule has 1 aromatic carbocycles. The highest BCUT2D eigenvalue weighted by atomic mass is 16.5. The first kappa shape index (κ1) is 19.0. The first-order valence-electron chi connectivity index (χ1n) is 8.16. The predicted molar refractivity (Wildman–Crippen MR) is 91.6 cm³/mol. The largest absolute Gasteiger partial charge is 0.497 e. The molecule has 1 N–H and O–H groups in total. The zero-order chi connectivity index (χ0) is 17.4. The molecule has 1 aromatic rings. The second-order valence-corrected chi connectivity index (χ2v) is 5.89. The summed E-state index contributed by atoms with van der Waals surface area (Å²) >= 11 is 0. The third-order valence-electron chi connectivity index (χ3n) is 3.74. The van der Waals surface area contributed by atoms with E-state index in [2.05, 4.69) is 5.32 Å². The van der Waals surface area contributed by atoms with Crippen LogP contribution in [0.4, 0.5) is 0 Å². The topological polar surface area (TPSA) is 58.6 Å². The maximum Gasteiger partial charge on any atom is 0.251 e. The predicted octanol–water partition coefficient (Wildman–Crippen LogP) is 2.71. The molecular formula is C18H28N2O3. The number of amides is 2. The highest BCUT2D eigenvalue weighted by molar-refractivity contribution is 5.97. The van der Waals surface area contributed by atoms with Gasteiger partial charge in [0.1, 0.15) is 11.8 Å². The van der Waals surface area contributed by atoms with Crippen molar-refractivity contribution in [2.75, 3.05) is 20.2 Å². The van der Waals surface area contributed by atoms with Gasteiger partial charge < -0.3 is 15.0 Å². The molecule has 128 valence electrons. The maximum atomic E-state index is 12.6. The van der Waals surface area contributed by atoms with Crippen LogP contribution in [0, 0.1) is 5.92 Å². The standard InChI is InChI=1S/C18H28N2O3/c1-6-20(7-2)18(22)16(12-13(3)4)19-17(21)14-8-10-15(23-5)11-9-14/h8-11,13,16H,6-7,12H2,1-5H3,(H,19,21)/t16-/m0/s1. The van der Waals surface area contributed by atoms with Crippen LogP contribution in [0.5, 0.6) is 5.75 Å². The van der Waals surface area contributed by atoms with E-state index >= 15 is 0 Å². The SMILES string of the molecule is CCN(CC)C(=O)[C@H](CC(C)C)NC(=O)c1ccc(OC)cc1. The van der Waals surface area contributed by atoms with E-state index in [4.69, 9.17) is 4.74 Å². The maximum absolute atomic E-state index is 12.6. The Hall–Kier alpha value is -2.04. The molecule has 0 aliphatic carbocycles. The Morgan fingerprint density at radius 1 is 1.13 bits per heavy atom. The number of methoxy groups -OCH3 is 1. The molecule has 1 rings (SSSR count). The summed E-state index contributed by atoms with van der Waals surface area (Å²) in [5, 5.41) is 2.88. The van der Waals surface area contributed by atoms with E-state index in [1.165, 1.54) is 0 Å². The Kier molecular flexibility index (Phi) is 7.59. The van der Waals surface area contributed by atoms with Crippen LogP contribution >= 0.6 is 0 Å². The van der Waals surface area contributed by atoms with Gasteiger partial charge in [0.05, 0.1) is 7.11 Å². The van der Waals surface area contributed by atoms with Crippen LogP contribution in [0.3, 0.4) is 0 Å². The monoisotopic (exact) mass is 320 g/mol. The Bertz CT molecular complexity index is 508. The summed E-state index contributed by atoms with van der Waals surface area (Å²) in [6.07, 6.45) is 0.622. The second-order valence-electron chi connectivity index (χ2n) is 5.89. The van der Waals surface area contributed by atoms with Crippen molar-refractivity contribution in [3.8, 4) is 5.75 Å². The van der Waals surface area contributed by atoms with Gasteiger partial charge in [-0.15, -0.1) is 0 Å². The van der Waals surface area contributed by atoms with E-state index in [0.29, 0.717) is 36.7 Å². The fourth-order valence-electron chi connectivity index (χ4n) is 2.43. The molecule has 0 unspecified atom stereocenters. The van der Waals surface area contributed by atoms with Crippen molar-refractivity contribution in [1.29, 1.82) is 0 Å². The molecule has 0 radical (unpaired) electrons. The van der Waals surface area contributed by atoms with Crippen LogP contribution in [0.1, 0.15) is 44.5 Å². The Morgan fingerprint density at radius 3 is 2.13 bits per heavy atom. The van der Waals surface area contributed by atoms with Gasteiger partial charge in [-0.25, -0.2) is 0 Å². The van der Waals surface area contributed by atoms with Crippen molar-refractivity contribution in [3.05, 3.63) is 29.8 Å². The zero-order valence-electron chi connectivity index (χ0n) is 14.8. The molecule has 5 nitrogen and oxygen atoms in total. The molecule has 2 amide bonds. The number of carbonyl (C=O) groups excluding carboxylic acids is 2. The number of rotatable bonds is 8. The summed E-state index contributed by atoms with van der Waals surface area (Å²) in [7, 11) is 1.58. The molecule has 1 atom stereocenters. The van der Waals surface area contributed by atoms with Crippen LogP contribution in [0.2, 0.25) is 0 Å². The average Bonchev–Trinajstić information content (AvgIpc) is 2.54. The fraction of sp³-hybridized carbons (Fsp3) is 0.556. The van der Waals surface area contributed by atoms with E-state index < -0.39 is 6.04 Å². The molecule has 0 heterocycles. The van der Waals surface area contributed by atoms with Crippen LogP contribution < -0.4 is 10.1 Å². The van der Waals surface area contributed by atoms with E-state index in [9.17, 15) is 9.59 Å². The van der Waals surface area contributed by atoms with Gasteiger partial charge in [0.2, 0.25) is 5.91 Å². The summed E-state index contributed by atoms with van der Waals surface area (Å²) < 4.78 is 5.09. The number of nitrogens with one attached hydrogen (secondary N) is 1. The number of hydrogen-bond donors (Lipinski definition) is 1. The van der Waals surface area contributed by atoms with E-state index in [1.807, 2.05) is 27.7 Å². The highest BCUT2D eigenvalue weighted by Gasteiger charge is 2.25.